The van der Waals surface area contributed by atoms with Crippen LogP contribution in [0, 0.1) is 7.14 Å². The normalized spacial score (nSPS) is 11.8. The molecule has 0 atom stereocenters. The zero-order chi connectivity index (χ0) is 9.35. The largest absolute Gasteiger partial charge is 0.386 e. The van der Waals surface area contributed by atoms with E-state index in [0.29, 0.717) is 0 Å². The van der Waals surface area contributed by atoms with Gasteiger partial charge in [-0.05, 0) is 82.8 Å². The zero-order valence-electron chi connectivity index (χ0n) is 6.94. The predicted octanol–water partition coefficient (Wildman–Crippen LogP) is 3.12. The van der Waals surface area contributed by atoms with Gasteiger partial charge in [-0.2, -0.15) is 0 Å². The molecule has 0 heterocycles. The van der Waals surface area contributed by atoms with Crippen molar-refractivity contribution in [3.05, 3.63) is 30.9 Å². The van der Waals surface area contributed by atoms with Crippen molar-refractivity contribution in [2.24, 2.45) is 0 Å². The Hall–Kier alpha value is 0.640. The van der Waals surface area contributed by atoms with Gasteiger partial charge in [-0.15, -0.1) is 0 Å². The number of benzene rings is 1. The summed E-state index contributed by atoms with van der Waals surface area (Å²) in [5.41, 5.74) is 0.257. The van der Waals surface area contributed by atoms with Gasteiger partial charge in [0.05, 0.1) is 5.60 Å². The van der Waals surface area contributed by atoms with Crippen molar-refractivity contribution in [1.29, 1.82) is 0 Å². The Labute approximate surface area is 99.8 Å². The maximum absolute atomic E-state index is 9.79. The van der Waals surface area contributed by atoms with Crippen molar-refractivity contribution in [3.63, 3.8) is 0 Å². The van der Waals surface area contributed by atoms with Crippen molar-refractivity contribution < 1.29 is 5.11 Å². The molecule has 12 heavy (non-hydrogen) atoms. The van der Waals surface area contributed by atoms with Gasteiger partial charge in [0.15, 0.2) is 0 Å². The van der Waals surface area contributed by atoms with Crippen molar-refractivity contribution >= 4 is 45.2 Å². The van der Waals surface area contributed by atoms with Crippen molar-refractivity contribution in [1.82, 2.24) is 0 Å². The zero-order valence-corrected chi connectivity index (χ0v) is 11.3. The van der Waals surface area contributed by atoms with Crippen LogP contribution in [-0.2, 0) is 5.60 Å². The van der Waals surface area contributed by atoms with Crippen molar-refractivity contribution in [2.45, 2.75) is 19.4 Å². The minimum atomic E-state index is -0.738. The van der Waals surface area contributed by atoms with Gasteiger partial charge in [0.25, 0.3) is 0 Å². The predicted molar refractivity (Wildman–Crippen MR) is 67.1 cm³/mol. The first-order chi connectivity index (χ1) is 5.41. The van der Waals surface area contributed by atoms with Crippen LogP contribution in [0.1, 0.15) is 19.4 Å². The van der Waals surface area contributed by atoms with Crippen LogP contribution < -0.4 is 0 Å². The molecule has 0 unspecified atom stereocenters. The summed E-state index contributed by atoms with van der Waals surface area (Å²) in [6, 6.07) is 6.08. The summed E-state index contributed by atoms with van der Waals surface area (Å²) in [6.07, 6.45) is 0. The molecule has 0 aliphatic rings. The maximum Gasteiger partial charge on any atom is 0.0851 e. The van der Waals surface area contributed by atoms with Gasteiger partial charge in [-0.25, -0.2) is 0 Å². The molecule has 0 amide bonds. The van der Waals surface area contributed by atoms with Crippen LogP contribution in [0.2, 0.25) is 0 Å². The highest BCUT2D eigenvalue weighted by molar-refractivity contribution is 14.1. The summed E-state index contributed by atoms with van der Waals surface area (Å²) in [7, 11) is 0. The Balaban J connectivity index is 3.23. The quantitative estimate of drug-likeness (QED) is 0.734. The lowest BCUT2D eigenvalue weighted by atomic mass is 9.99. The molecule has 1 rings (SSSR count). The molecule has 3 heteroatoms. The van der Waals surface area contributed by atoms with Gasteiger partial charge in [0.2, 0.25) is 0 Å². The second-order valence-electron chi connectivity index (χ2n) is 3.18. The third kappa shape index (κ3) is 2.56. The van der Waals surface area contributed by atoms with E-state index in [2.05, 4.69) is 45.2 Å². The third-order valence-electron chi connectivity index (χ3n) is 1.59. The minimum absolute atomic E-state index is 0.738. The van der Waals surface area contributed by atoms with E-state index in [4.69, 9.17) is 0 Å². The molecule has 0 aliphatic carbocycles. The van der Waals surface area contributed by atoms with E-state index in [-0.39, 0.29) is 0 Å². The molecule has 0 aromatic heterocycles. The van der Waals surface area contributed by atoms with E-state index in [0.717, 1.165) is 12.7 Å². The van der Waals surface area contributed by atoms with Crippen LogP contribution >= 0.6 is 45.2 Å². The molecular formula is C9H10I2O. The summed E-state index contributed by atoms with van der Waals surface area (Å²) < 4.78 is 2.27. The summed E-state index contributed by atoms with van der Waals surface area (Å²) in [6.45, 7) is 3.61. The van der Waals surface area contributed by atoms with Gasteiger partial charge in [0.1, 0.15) is 0 Å². The molecule has 1 aromatic rings. The molecule has 0 radical (unpaired) electrons. The molecule has 0 fully saturated rings. The first kappa shape index (κ1) is 10.7. The lowest BCUT2D eigenvalue weighted by Crippen LogP contribution is -2.17. The first-order valence-electron chi connectivity index (χ1n) is 3.59. The molecule has 66 valence electrons. The standard InChI is InChI=1S/C9H10I2O/c1-9(2,12)7-5-6(10)3-4-8(7)11/h3-5,12H,1-2H3. The lowest BCUT2D eigenvalue weighted by Gasteiger charge is -2.19. The van der Waals surface area contributed by atoms with Crippen LogP contribution in [0.5, 0.6) is 0 Å². The van der Waals surface area contributed by atoms with Crippen LogP contribution in [0.4, 0.5) is 0 Å². The topological polar surface area (TPSA) is 20.2 Å². The third-order valence-corrected chi connectivity index (χ3v) is 3.20. The summed E-state index contributed by atoms with van der Waals surface area (Å²) in [5, 5.41) is 9.79. The summed E-state index contributed by atoms with van der Waals surface area (Å²) in [5.74, 6) is 0. The molecule has 1 aromatic carbocycles. The van der Waals surface area contributed by atoms with E-state index in [1.165, 1.54) is 0 Å². The highest BCUT2D eigenvalue weighted by atomic mass is 127. The number of halogens is 2. The minimum Gasteiger partial charge on any atom is -0.386 e. The fourth-order valence-electron chi connectivity index (χ4n) is 0.966. The smallest absolute Gasteiger partial charge is 0.0851 e. The van der Waals surface area contributed by atoms with Gasteiger partial charge in [-0.1, -0.05) is 0 Å². The first-order valence-corrected chi connectivity index (χ1v) is 5.75. The maximum atomic E-state index is 9.79. The number of rotatable bonds is 1. The molecule has 0 saturated heterocycles. The van der Waals surface area contributed by atoms with Gasteiger partial charge >= 0.3 is 0 Å². The molecular weight excluding hydrogens is 378 g/mol. The molecule has 0 aliphatic heterocycles. The monoisotopic (exact) mass is 388 g/mol. The van der Waals surface area contributed by atoms with E-state index < -0.39 is 5.60 Å². The SMILES string of the molecule is CC(C)(O)c1cc(I)ccc1I. The Morgan fingerprint density at radius 1 is 1.25 bits per heavy atom. The van der Waals surface area contributed by atoms with Crippen LogP contribution in [0.25, 0.3) is 0 Å². The Morgan fingerprint density at radius 2 is 1.83 bits per heavy atom. The summed E-state index contributed by atoms with van der Waals surface area (Å²) in [4.78, 5) is 0. The van der Waals surface area contributed by atoms with Crippen LogP contribution in [-0.4, -0.2) is 5.11 Å². The van der Waals surface area contributed by atoms with Gasteiger partial charge < -0.3 is 5.11 Å². The molecule has 0 saturated carbocycles. The molecule has 1 nitrogen and oxygen atoms in total. The average Bonchev–Trinajstić information content (AvgIpc) is 1.92. The van der Waals surface area contributed by atoms with E-state index in [1.54, 1.807) is 13.8 Å². The number of aliphatic hydroxyl groups is 1. The second-order valence-corrected chi connectivity index (χ2v) is 5.59. The van der Waals surface area contributed by atoms with E-state index in [9.17, 15) is 5.11 Å². The van der Waals surface area contributed by atoms with E-state index in [1.807, 2.05) is 18.2 Å². The highest BCUT2D eigenvalue weighted by Gasteiger charge is 2.18. The fourth-order valence-corrected chi connectivity index (χ4v) is 2.45. The van der Waals surface area contributed by atoms with Gasteiger partial charge in [0, 0.05) is 7.14 Å². The van der Waals surface area contributed by atoms with Crippen LogP contribution in [0.15, 0.2) is 18.2 Å². The second kappa shape index (κ2) is 3.79. The van der Waals surface area contributed by atoms with Crippen molar-refractivity contribution in [2.75, 3.05) is 0 Å². The highest BCUT2D eigenvalue weighted by Crippen LogP contribution is 2.26. The Morgan fingerprint density at radius 3 is 2.25 bits per heavy atom. The Kier molecular flexibility index (Phi) is 3.39. The van der Waals surface area contributed by atoms with Gasteiger partial charge in [-0.3, -0.25) is 0 Å². The average molecular weight is 388 g/mol. The van der Waals surface area contributed by atoms with Crippen LogP contribution in [0.3, 0.4) is 0 Å². The van der Waals surface area contributed by atoms with E-state index >= 15 is 0 Å². The van der Waals surface area contributed by atoms with Crippen molar-refractivity contribution in [3.8, 4) is 0 Å². The number of hydrogen-bond acceptors (Lipinski definition) is 1. The lowest BCUT2D eigenvalue weighted by molar-refractivity contribution is 0.0776. The fraction of sp³-hybridized carbons (Fsp3) is 0.333. The number of hydrogen-bond donors (Lipinski definition) is 1. The Bertz CT molecular complexity index is 289. The summed E-state index contributed by atoms with van der Waals surface area (Å²) >= 11 is 4.49. The molecule has 0 spiro atoms. The molecule has 1 N–H and O–H groups in total. The molecule has 0 bridgehead atoms.